The van der Waals surface area contributed by atoms with Crippen LogP contribution in [0.4, 0.5) is 5.69 Å². The molecule has 1 atom stereocenters. The third-order valence-corrected chi connectivity index (χ3v) is 3.81. The van der Waals surface area contributed by atoms with Crippen LogP contribution in [0.5, 0.6) is 0 Å². The van der Waals surface area contributed by atoms with Crippen molar-refractivity contribution in [2.24, 2.45) is 0 Å². The summed E-state index contributed by atoms with van der Waals surface area (Å²) < 4.78 is 0. The molecule has 1 aliphatic heterocycles. The molecule has 1 N–H and O–H groups in total. The Hall–Kier alpha value is -1.44. The van der Waals surface area contributed by atoms with E-state index in [-0.39, 0.29) is 18.4 Å². The van der Waals surface area contributed by atoms with Gasteiger partial charge < -0.3 is 10.2 Å². The number of rotatable bonds is 3. The lowest BCUT2D eigenvalue weighted by Gasteiger charge is -2.35. The van der Waals surface area contributed by atoms with Gasteiger partial charge in [0.1, 0.15) is 6.42 Å². The number of halogens is 2. The van der Waals surface area contributed by atoms with Crippen molar-refractivity contribution in [1.82, 2.24) is 5.32 Å². The van der Waals surface area contributed by atoms with Gasteiger partial charge in [-0.3, -0.25) is 4.79 Å². The molecule has 0 spiro atoms. The van der Waals surface area contributed by atoms with Gasteiger partial charge in [-0.15, -0.1) is 0 Å². The van der Waals surface area contributed by atoms with Crippen LogP contribution in [-0.4, -0.2) is 25.0 Å². The molecule has 0 aromatic heterocycles. The maximum atomic E-state index is 11.5. The number of piperidine rings is 1. The number of anilines is 1. The minimum absolute atomic E-state index is 0.0522. The standard InChI is InChI=1S/C14H15Cl2N3O/c15-10-3-4-13(12(16)8-10)19-7-1-2-11(9-19)18-14(20)5-6-17/h3-4,8,11H,1-2,5,7,9H2,(H,18,20)/t11-/m1/s1. The van der Waals surface area contributed by atoms with Crippen molar-refractivity contribution < 1.29 is 4.79 Å². The largest absolute Gasteiger partial charge is 0.368 e. The monoisotopic (exact) mass is 311 g/mol. The first-order valence-corrected chi connectivity index (χ1v) is 7.22. The van der Waals surface area contributed by atoms with Crippen molar-refractivity contribution in [2.45, 2.75) is 25.3 Å². The fourth-order valence-corrected chi connectivity index (χ4v) is 2.93. The Morgan fingerprint density at radius 3 is 3.00 bits per heavy atom. The van der Waals surface area contributed by atoms with Gasteiger partial charge in [0.25, 0.3) is 0 Å². The van der Waals surface area contributed by atoms with Crippen LogP contribution in [0.15, 0.2) is 18.2 Å². The summed E-state index contributed by atoms with van der Waals surface area (Å²) in [7, 11) is 0. The van der Waals surface area contributed by atoms with Crippen molar-refractivity contribution in [2.75, 3.05) is 18.0 Å². The lowest BCUT2D eigenvalue weighted by atomic mass is 10.0. The highest BCUT2D eigenvalue weighted by Gasteiger charge is 2.22. The Bertz CT molecular complexity index is 542. The smallest absolute Gasteiger partial charge is 0.234 e. The van der Waals surface area contributed by atoms with Crippen molar-refractivity contribution in [3.63, 3.8) is 0 Å². The van der Waals surface area contributed by atoms with Crippen LogP contribution in [-0.2, 0) is 4.79 Å². The van der Waals surface area contributed by atoms with E-state index in [4.69, 9.17) is 28.5 Å². The quantitative estimate of drug-likeness (QED) is 0.933. The summed E-state index contributed by atoms with van der Waals surface area (Å²) in [4.78, 5) is 13.6. The number of nitriles is 1. The molecule has 6 heteroatoms. The number of benzene rings is 1. The van der Waals surface area contributed by atoms with Gasteiger partial charge in [-0.1, -0.05) is 23.2 Å². The van der Waals surface area contributed by atoms with Gasteiger partial charge in [0.2, 0.25) is 5.91 Å². The predicted molar refractivity (Wildman–Crippen MR) is 80.1 cm³/mol. The molecular weight excluding hydrogens is 297 g/mol. The Morgan fingerprint density at radius 2 is 2.30 bits per heavy atom. The number of nitrogens with zero attached hydrogens (tertiary/aromatic N) is 2. The van der Waals surface area contributed by atoms with Gasteiger partial charge in [0.15, 0.2) is 0 Å². The van der Waals surface area contributed by atoms with Gasteiger partial charge in [-0.05, 0) is 31.0 Å². The lowest BCUT2D eigenvalue weighted by Crippen LogP contribution is -2.47. The molecule has 0 aliphatic carbocycles. The number of hydrogen-bond donors (Lipinski definition) is 1. The summed E-state index contributed by atoms with van der Waals surface area (Å²) in [5, 5.41) is 12.6. The average molecular weight is 312 g/mol. The first-order chi connectivity index (χ1) is 9.60. The highest BCUT2D eigenvalue weighted by Crippen LogP contribution is 2.30. The van der Waals surface area contributed by atoms with E-state index in [1.165, 1.54) is 0 Å². The second-order valence-corrected chi connectivity index (χ2v) is 5.63. The number of nitrogens with one attached hydrogen (secondary N) is 1. The van der Waals surface area contributed by atoms with E-state index in [0.29, 0.717) is 16.6 Å². The Kier molecular flexibility index (Phi) is 5.11. The molecule has 0 bridgehead atoms. The van der Waals surface area contributed by atoms with E-state index in [9.17, 15) is 4.79 Å². The van der Waals surface area contributed by atoms with E-state index in [1.807, 2.05) is 12.1 Å². The number of amides is 1. The normalized spacial score (nSPS) is 18.4. The highest BCUT2D eigenvalue weighted by atomic mass is 35.5. The minimum atomic E-state index is -0.221. The van der Waals surface area contributed by atoms with Crippen LogP contribution < -0.4 is 10.2 Å². The molecule has 1 aromatic carbocycles. The molecular formula is C14H15Cl2N3O. The summed E-state index contributed by atoms with van der Waals surface area (Å²) in [5.41, 5.74) is 0.926. The van der Waals surface area contributed by atoms with Crippen LogP contribution in [0, 0.1) is 11.3 Å². The van der Waals surface area contributed by atoms with Crippen LogP contribution in [0.3, 0.4) is 0 Å². The summed E-state index contributed by atoms with van der Waals surface area (Å²) in [6.45, 7) is 1.59. The molecule has 20 heavy (non-hydrogen) atoms. The summed E-state index contributed by atoms with van der Waals surface area (Å²) in [6.07, 6.45) is 1.79. The Labute approximate surface area is 128 Å². The molecule has 0 saturated carbocycles. The molecule has 1 aromatic rings. The van der Waals surface area contributed by atoms with Gasteiger partial charge >= 0.3 is 0 Å². The number of hydrogen-bond acceptors (Lipinski definition) is 3. The third kappa shape index (κ3) is 3.78. The molecule has 0 unspecified atom stereocenters. The van der Waals surface area contributed by atoms with Gasteiger partial charge in [-0.25, -0.2) is 0 Å². The van der Waals surface area contributed by atoms with E-state index in [1.54, 1.807) is 12.1 Å². The maximum absolute atomic E-state index is 11.5. The molecule has 1 heterocycles. The average Bonchev–Trinajstić information content (AvgIpc) is 2.39. The van der Waals surface area contributed by atoms with Crippen molar-refractivity contribution in [3.05, 3.63) is 28.2 Å². The van der Waals surface area contributed by atoms with Crippen molar-refractivity contribution in [1.29, 1.82) is 5.26 Å². The second-order valence-electron chi connectivity index (χ2n) is 4.78. The van der Waals surface area contributed by atoms with Crippen LogP contribution in [0.2, 0.25) is 10.0 Å². The lowest BCUT2D eigenvalue weighted by molar-refractivity contribution is -0.120. The van der Waals surface area contributed by atoms with Crippen molar-refractivity contribution >= 4 is 34.8 Å². The van der Waals surface area contributed by atoms with E-state index >= 15 is 0 Å². The topological polar surface area (TPSA) is 56.1 Å². The third-order valence-electron chi connectivity index (χ3n) is 3.28. The van der Waals surface area contributed by atoms with E-state index in [2.05, 4.69) is 10.2 Å². The molecule has 0 radical (unpaired) electrons. The first-order valence-electron chi connectivity index (χ1n) is 6.46. The zero-order chi connectivity index (χ0) is 14.5. The molecule has 4 nitrogen and oxygen atoms in total. The molecule has 106 valence electrons. The SMILES string of the molecule is N#CCC(=O)N[C@@H]1CCCN(c2ccc(Cl)cc2Cl)C1. The van der Waals surface area contributed by atoms with Gasteiger partial charge in [-0.2, -0.15) is 5.26 Å². The summed E-state index contributed by atoms with van der Waals surface area (Å²) in [5.74, 6) is -0.221. The molecule has 2 rings (SSSR count). The first kappa shape index (κ1) is 15.0. The molecule has 1 aliphatic rings. The highest BCUT2D eigenvalue weighted by molar-refractivity contribution is 6.36. The minimum Gasteiger partial charge on any atom is -0.368 e. The fourth-order valence-electron chi connectivity index (χ4n) is 2.40. The fraction of sp³-hybridized carbons (Fsp3) is 0.429. The number of carbonyl (C=O) groups excluding carboxylic acids is 1. The Morgan fingerprint density at radius 1 is 1.50 bits per heavy atom. The number of carbonyl (C=O) groups is 1. The van der Waals surface area contributed by atoms with Crippen LogP contribution >= 0.6 is 23.2 Å². The van der Waals surface area contributed by atoms with Crippen LogP contribution in [0.1, 0.15) is 19.3 Å². The summed E-state index contributed by atoms with van der Waals surface area (Å²) >= 11 is 12.1. The second kappa shape index (κ2) is 6.83. The van der Waals surface area contributed by atoms with Gasteiger partial charge in [0, 0.05) is 24.2 Å². The predicted octanol–water partition coefficient (Wildman–Crippen LogP) is 2.99. The molecule has 1 fully saturated rings. The van der Waals surface area contributed by atoms with E-state index < -0.39 is 0 Å². The molecule has 1 amide bonds. The van der Waals surface area contributed by atoms with Gasteiger partial charge in [0.05, 0.1) is 16.8 Å². The van der Waals surface area contributed by atoms with E-state index in [0.717, 1.165) is 25.1 Å². The van der Waals surface area contributed by atoms with Crippen molar-refractivity contribution in [3.8, 4) is 6.07 Å². The zero-order valence-corrected chi connectivity index (χ0v) is 12.4. The summed E-state index contributed by atoms with van der Waals surface area (Å²) in [6, 6.07) is 7.32. The van der Waals surface area contributed by atoms with Crippen LogP contribution in [0.25, 0.3) is 0 Å². The maximum Gasteiger partial charge on any atom is 0.234 e. The zero-order valence-electron chi connectivity index (χ0n) is 10.9. The molecule has 1 saturated heterocycles. The Balaban J connectivity index is 2.03.